The van der Waals surface area contributed by atoms with Crippen LogP contribution in [0.25, 0.3) is 6.08 Å². The molecule has 0 N–H and O–H groups in total. The Kier molecular flexibility index (Phi) is 4.96. The highest BCUT2D eigenvalue weighted by Gasteiger charge is 2.27. The minimum atomic E-state index is 0.108. The van der Waals surface area contributed by atoms with E-state index in [1.807, 2.05) is 30.3 Å². The van der Waals surface area contributed by atoms with Crippen LogP contribution in [0.5, 0.6) is 0 Å². The lowest BCUT2D eigenvalue weighted by molar-refractivity contribution is -0.118. The Labute approximate surface area is 158 Å². The number of ketones is 1. The second-order valence-electron chi connectivity index (χ2n) is 7.02. The van der Waals surface area contributed by atoms with Gasteiger partial charge in [0.05, 0.1) is 11.3 Å². The summed E-state index contributed by atoms with van der Waals surface area (Å²) in [5.41, 5.74) is 2.61. The fraction of sp³-hybridized carbons (Fsp3) is 0.333. The van der Waals surface area contributed by atoms with E-state index in [0.717, 1.165) is 24.1 Å². The van der Waals surface area contributed by atoms with E-state index in [4.69, 9.17) is 4.98 Å². The largest absolute Gasteiger partial charge is 0.342 e. The molecule has 1 aromatic heterocycles. The van der Waals surface area contributed by atoms with Crippen molar-refractivity contribution in [3.63, 3.8) is 0 Å². The number of Topliss-reactive ketones (excluding diaryl/α,β-unsaturated/α-hetero) is 1. The fourth-order valence-corrected chi connectivity index (χ4v) is 3.59. The predicted octanol–water partition coefficient (Wildman–Crippen LogP) is 2.21. The molecule has 138 valence electrons. The molecule has 27 heavy (non-hydrogen) atoms. The fourth-order valence-electron chi connectivity index (χ4n) is 3.59. The van der Waals surface area contributed by atoms with Gasteiger partial charge in [-0.1, -0.05) is 42.5 Å². The van der Waals surface area contributed by atoms with E-state index in [2.05, 4.69) is 22.0 Å². The van der Waals surface area contributed by atoms with Crippen LogP contribution in [0, 0.1) is 5.92 Å². The lowest BCUT2D eigenvalue weighted by atomic mass is 9.86. The number of piperazine rings is 1. The predicted molar refractivity (Wildman–Crippen MR) is 103 cm³/mol. The van der Waals surface area contributed by atoms with Gasteiger partial charge in [0.1, 0.15) is 0 Å². The number of nitrogens with zero attached hydrogens (tertiary/aromatic N) is 4. The van der Waals surface area contributed by atoms with Crippen LogP contribution in [0.3, 0.4) is 0 Å². The minimum absolute atomic E-state index is 0.108. The molecule has 1 atom stereocenters. The lowest BCUT2D eigenvalue weighted by Crippen LogP contribution is -2.46. The van der Waals surface area contributed by atoms with Crippen molar-refractivity contribution in [1.29, 1.82) is 0 Å². The molecule has 2 aliphatic rings. The summed E-state index contributed by atoms with van der Waals surface area (Å²) >= 11 is 0. The van der Waals surface area contributed by atoms with E-state index in [1.165, 1.54) is 0 Å². The minimum Gasteiger partial charge on any atom is -0.342 e. The molecule has 2 heterocycles. The van der Waals surface area contributed by atoms with Gasteiger partial charge in [0.15, 0.2) is 5.78 Å². The van der Waals surface area contributed by atoms with Crippen molar-refractivity contribution in [2.45, 2.75) is 12.8 Å². The molecule has 1 aromatic carbocycles. The van der Waals surface area contributed by atoms with E-state index in [-0.39, 0.29) is 11.7 Å². The van der Waals surface area contributed by atoms with Gasteiger partial charge in [-0.25, -0.2) is 9.97 Å². The normalized spacial score (nSPS) is 20.0. The first-order valence-corrected chi connectivity index (χ1v) is 9.29. The van der Waals surface area contributed by atoms with Crippen LogP contribution < -0.4 is 4.90 Å². The van der Waals surface area contributed by atoms with Crippen molar-refractivity contribution in [2.75, 3.05) is 31.1 Å². The second-order valence-corrected chi connectivity index (χ2v) is 7.02. The Morgan fingerprint density at radius 3 is 2.56 bits per heavy atom. The van der Waals surface area contributed by atoms with Crippen molar-refractivity contribution in [1.82, 2.24) is 14.9 Å². The highest BCUT2D eigenvalue weighted by molar-refractivity contribution is 5.98. The van der Waals surface area contributed by atoms with E-state index in [9.17, 15) is 9.59 Å². The molecule has 6 heteroatoms. The topological polar surface area (TPSA) is 66.4 Å². The molecule has 1 aliphatic heterocycles. The number of aromatic nitrogens is 2. The third-order valence-electron chi connectivity index (χ3n) is 5.17. The van der Waals surface area contributed by atoms with Gasteiger partial charge in [0, 0.05) is 38.8 Å². The average Bonchev–Trinajstić information content (AvgIpc) is 2.73. The van der Waals surface area contributed by atoms with Gasteiger partial charge in [-0.05, 0) is 17.9 Å². The zero-order chi connectivity index (χ0) is 18.6. The lowest BCUT2D eigenvalue weighted by Gasteiger charge is -2.33. The standard InChI is InChI=1S/C21H22N4O2/c26-15-24-8-10-25(11-9-24)21-22-14-18-19(23-21)12-17(13-20(18)27)7-6-16-4-2-1-3-5-16/h1-7,14-15,17H,8-13H2. The van der Waals surface area contributed by atoms with Crippen molar-refractivity contribution >= 4 is 24.2 Å². The SMILES string of the molecule is O=CN1CCN(c2ncc3c(n2)CC(C=Cc2ccccc2)CC3=O)CC1. The maximum Gasteiger partial charge on any atom is 0.225 e. The number of rotatable bonds is 4. The summed E-state index contributed by atoms with van der Waals surface area (Å²) in [6, 6.07) is 10.1. The maximum atomic E-state index is 12.5. The monoisotopic (exact) mass is 362 g/mol. The van der Waals surface area contributed by atoms with Crippen LogP contribution in [0.1, 0.15) is 28.0 Å². The molecule has 1 saturated heterocycles. The van der Waals surface area contributed by atoms with Crippen LogP contribution in [0.4, 0.5) is 5.95 Å². The van der Waals surface area contributed by atoms with Crippen molar-refractivity contribution in [3.8, 4) is 0 Å². The summed E-state index contributed by atoms with van der Waals surface area (Å²) in [6.07, 6.45) is 7.98. The van der Waals surface area contributed by atoms with Crippen molar-refractivity contribution < 1.29 is 9.59 Å². The summed E-state index contributed by atoms with van der Waals surface area (Å²) in [4.78, 5) is 36.3. The zero-order valence-electron chi connectivity index (χ0n) is 15.1. The molecular formula is C21H22N4O2. The highest BCUT2D eigenvalue weighted by Crippen LogP contribution is 2.27. The third-order valence-corrected chi connectivity index (χ3v) is 5.17. The number of benzene rings is 1. The first-order valence-electron chi connectivity index (χ1n) is 9.29. The van der Waals surface area contributed by atoms with Gasteiger partial charge in [0.2, 0.25) is 12.4 Å². The number of hydrogen-bond acceptors (Lipinski definition) is 5. The van der Waals surface area contributed by atoms with Gasteiger partial charge >= 0.3 is 0 Å². The number of anilines is 1. The number of fused-ring (bicyclic) bond motifs is 1. The number of carbonyl (C=O) groups excluding carboxylic acids is 2. The van der Waals surface area contributed by atoms with Crippen molar-refractivity contribution in [2.24, 2.45) is 5.92 Å². The van der Waals surface area contributed by atoms with Gasteiger partial charge in [-0.3, -0.25) is 9.59 Å². The summed E-state index contributed by atoms with van der Waals surface area (Å²) in [5, 5.41) is 0. The summed E-state index contributed by atoms with van der Waals surface area (Å²) in [6.45, 7) is 2.77. The molecule has 0 bridgehead atoms. The Hall–Kier alpha value is -3.02. The third kappa shape index (κ3) is 3.89. The zero-order valence-corrected chi connectivity index (χ0v) is 15.1. The average molecular weight is 362 g/mol. The molecule has 1 fully saturated rings. The summed E-state index contributed by atoms with van der Waals surface area (Å²) in [5.74, 6) is 0.913. The van der Waals surface area contributed by atoms with Crippen LogP contribution in [-0.2, 0) is 11.2 Å². The van der Waals surface area contributed by atoms with Gasteiger partial charge in [-0.2, -0.15) is 0 Å². The Balaban J connectivity index is 1.50. The first kappa shape index (κ1) is 17.4. The molecule has 1 aliphatic carbocycles. The molecule has 0 spiro atoms. The Bertz CT molecular complexity index is 858. The Morgan fingerprint density at radius 2 is 1.81 bits per heavy atom. The van der Waals surface area contributed by atoms with E-state index < -0.39 is 0 Å². The molecule has 4 rings (SSSR count). The molecule has 2 aromatic rings. The van der Waals surface area contributed by atoms with Crippen molar-refractivity contribution in [3.05, 3.63) is 59.4 Å². The molecule has 1 unspecified atom stereocenters. The van der Waals surface area contributed by atoms with E-state index in [0.29, 0.717) is 44.1 Å². The maximum absolute atomic E-state index is 12.5. The van der Waals surface area contributed by atoms with Crippen LogP contribution in [0.2, 0.25) is 0 Å². The van der Waals surface area contributed by atoms with E-state index >= 15 is 0 Å². The van der Waals surface area contributed by atoms with Gasteiger partial charge in [-0.15, -0.1) is 0 Å². The van der Waals surface area contributed by atoms with Gasteiger partial charge < -0.3 is 9.80 Å². The number of carbonyl (C=O) groups is 2. The Morgan fingerprint density at radius 1 is 1.04 bits per heavy atom. The van der Waals surface area contributed by atoms with Gasteiger partial charge in [0.25, 0.3) is 0 Å². The van der Waals surface area contributed by atoms with Crippen LogP contribution in [-0.4, -0.2) is 53.2 Å². The van der Waals surface area contributed by atoms with Crippen LogP contribution in [0.15, 0.2) is 42.6 Å². The second kappa shape index (κ2) is 7.70. The summed E-state index contributed by atoms with van der Waals surface area (Å²) < 4.78 is 0. The summed E-state index contributed by atoms with van der Waals surface area (Å²) in [7, 11) is 0. The molecule has 0 radical (unpaired) electrons. The highest BCUT2D eigenvalue weighted by atomic mass is 16.1. The number of amides is 1. The molecular weight excluding hydrogens is 340 g/mol. The number of allylic oxidation sites excluding steroid dienone is 1. The van der Waals surface area contributed by atoms with Crippen LogP contribution >= 0.6 is 0 Å². The number of hydrogen-bond donors (Lipinski definition) is 0. The molecule has 6 nitrogen and oxygen atoms in total. The van der Waals surface area contributed by atoms with E-state index in [1.54, 1.807) is 11.1 Å². The quantitative estimate of drug-likeness (QED) is 0.780. The molecule has 1 amide bonds. The molecule has 0 saturated carbocycles. The first-order chi connectivity index (χ1) is 13.2. The smallest absolute Gasteiger partial charge is 0.225 e.